The number of carboxylic acid groups (broad SMARTS) is 1. The molecule has 1 amide bonds. The van der Waals surface area contributed by atoms with Gasteiger partial charge in [-0.2, -0.15) is 0 Å². The van der Waals surface area contributed by atoms with Gasteiger partial charge in [-0.3, -0.25) is 9.69 Å². The first-order valence-electron chi connectivity index (χ1n) is 9.54. The number of amidine groups is 1. The number of aromatic hydroxyl groups is 1. The highest BCUT2D eigenvalue weighted by Crippen LogP contribution is 2.35. The molecule has 0 spiro atoms. The number of hydrogen-bond donors (Lipinski definition) is 1. The van der Waals surface area contributed by atoms with Crippen molar-refractivity contribution in [3.8, 4) is 5.75 Å². The quantitative estimate of drug-likeness (QED) is 0.377. The zero-order chi connectivity index (χ0) is 22.7. The maximum atomic E-state index is 13.2. The standard InChI is InChI=1S/C24H17IN2O4S/c25-19-12-16(8-11-20(19)28)13-21-22(29)27(14-15-6-9-17(10-7-15)23(30)31)24(32-21)26-18-4-2-1-3-5-18/h1-13,28H,14H2,(H,30,31)/p-1/b21-13-,26-24?. The molecule has 1 heterocycles. The monoisotopic (exact) mass is 555 g/mol. The van der Waals surface area contributed by atoms with Crippen LogP contribution >= 0.6 is 34.4 Å². The Labute approximate surface area is 202 Å². The molecule has 0 aliphatic carbocycles. The molecule has 0 atom stereocenters. The second-order valence-corrected chi connectivity index (χ2v) is 9.10. The van der Waals surface area contributed by atoms with Crippen molar-refractivity contribution in [2.24, 2.45) is 4.99 Å². The van der Waals surface area contributed by atoms with E-state index in [0.717, 1.165) is 16.8 Å². The molecule has 0 radical (unpaired) electrons. The molecule has 8 heteroatoms. The van der Waals surface area contributed by atoms with Crippen LogP contribution < -0.4 is 5.11 Å². The summed E-state index contributed by atoms with van der Waals surface area (Å²) in [7, 11) is 0. The molecule has 0 bridgehead atoms. The van der Waals surface area contributed by atoms with E-state index in [-0.39, 0.29) is 23.8 Å². The molecule has 0 unspecified atom stereocenters. The molecular formula is C24H16IN2O4S-. The van der Waals surface area contributed by atoms with Crippen molar-refractivity contribution in [3.63, 3.8) is 0 Å². The van der Waals surface area contributed by atoms with Crippen LogP contribution in [0.15, 0.2) is 82.7 Å². The molecule has 0 saturated carbocycles. The smallest absolute Gasteiger partial charge is 0.267 e. The molecule has 3 aromatic rings. The van der Waals surface area contributed by atoms with Gasteiger partial charge in [-0.15, -0.1) is 0 Å². The van der Waals surface area contributed by atoms with Crippen LogP contribution in [-0.2, 0) is 11.3 Å². The number of carbonyl (C=O) groups excluding carboxylic acids is 2. The number of halogens is 1. The topological polar surface area (TPSA) is 93.0 Å². The number of aromatic carboxylic acids is 1. The third-order valence-corrected chi connectivity index (χ3v) is 6.54. The summed E-state index contributed by atoms with van der Waals surface area (Å²) in [5.41, 5.74) is 2.37. The van der Waals surface area contributed by atoms with Gasteiger partial charge in [0.25, 0.3) is 5.91 Å². The Balaban J connectivity index is 1.68. The molecule has 1 saturated heterocycles. The third-order valence-electron chi connectivity index (χ3n) is 4.67. The SMILES string of the molecule is O=C([O-])c1ccc(CN2C(=O)/C(=C/c3ccc(O)c(I)c3)SC2=Nc2ccccc2)cc1. The van der Waals surface area contributed by atoms with Crippen LogP contribution in [0.5, 0.6) is 5.75 Å². The number of aliphatic imine (C=N–C) groups is 1. The Morgan fingerprint density at radius 3 is 2.47 bits per heavy atom. The van der Waals surface area contributed by atoms with Gasteiger partial charge in [0.05, 0.1) is 26.7 Å². The fourth-order valence-electron chi connectivity index (χ4n) is 3.04. The fourth-order valence-corrected chi connectivity index (χ4v) is 4.57. The minimum absolute atomic E-state index is 0.0802. The van der Waals surface area contributed by atoms with E-state index in [1.165, 1.54) is 23.9 Å². The van der Waals surface area contributed by atoms with Crippen LogP contribution in [0.2, 0.25) is 0 Å². The second-order valence-electron chi connectivity index (χ2n) is 6.93. The number of nitrogens with zero attached hydrogens (tertiary/aromatic N) is 2. The second kappa shape index (κ2) is 9.58. The lowest BCUT2D eigenvalue weighted by Gasteiger charge is -2.16. The van der Waals surface area contributed by atoms with E-state index in [0.29, 0.717) is 13.6 Å². The molecule has 3 aromatic carbocycles. The van der Waals surface area contributed by atoms with Crippen molar-refractivity contribution in [2.75, 3.05) is 0 Å². The average molecular weight is 555 g/mol. The highest BCUT2D eigenvalue weighted by atomic mass is 127. The van der Waals surface area contributed by atoms with Gasteiger partial charge in [0.15, 0.2) is 5.17 Å². The van der Waals surface area contributed by atoms with Crippen molar-refractivity contribution >= 4 is 63.2 Å². The Kier molecular flexibility index (Phi) is 6.61. The Morgan fingerprint density at radius 1 is 1.09 bits per heavy atom. The zero-order valence-electron chi connectivity index (χ0n) is 16.6. The Bertz CT molecular complexity index is 1240. The highest BCUT2D eigenvalue weighted by molar-refractivity contribution is 14.1. The minimum atomic E-state index is -1.25. The summed E-state index contributed by atoms with van der Waals surface area (Å²) in [5.74, 6) is -1.26. The van der Waals surface area contributed by atoms with Gasteiger partial charge < -0.3 is 15.0 Å². The molecule has 4 rings (SSSR count). The zero-order valence-corrected chi connectivity index (χ0v) is 19.5. The number of para-hydroxylation sites is 1. The number of thioether (sulfide) groups is 1. The fraction of sp³-hybridized carbons (Fsp3) is 0.0417. The van der Waals surface area contributed by atoms with Gasteiger partial charge in [-0.05, 0) is 81.4 Å². The molecular weight excluding hydrogens is 539 g/mol. The molecule has 1 N–H and O–H groups in total. The summed E-state index contributed by atoms with van der Waals surface area (Å²) >= 11 is 3.31. The molecule has 1 aliphatic rings. The first-order valence-corrected chi connectivity index (χ1v) is 11.4. The van der Waals surface area contributed by atoms with Crippen LogP contribution in [0.4, 0.5) is 5.69 Å². The van der Waals surface area contributed by atoms with Crippen LogP contribution in [0.1, 0.15) is 21.5 Å². The van der Waals surface area contributed by atoms with Gasteiger partial charge in [0.2, 0.25) is 0 Å². The minimum Gasteiger partial charge on any atom is -0.545 e. The van der Waals surface area contributed by atoms with E-state index in [1.54, 1.807) is 41.3 Å². The summed E-state index contributed by atoms with van der Waals surface area (Å²) in [6.07, 6.45) is 1.77. The lowest BCUT2D eigenvalue weighted by Crippen LogP contribution is -2.28. The molecule has 1 aliphatic heterocycles. The number of phenols is 1. The Hall–Kier alpha value is -3.11. The van der Waals surface area contributed by atoms with E-state index in [4.69, 9.17) is 0 Å². The van der Waals surface area contributed by atoms with E-state index in [9.17, 15) is 19.8 Å². The summed E-state index contributed by atoms with van der Waals surface area (Å²) < 4.78 is 0.690. The number of benzene rings is 3. The van der Waals surface area contributed by atoms with E-state index >= 15 is 0 Å². The summed E-state index contributed by atoms with van der Waals surface area (Å²) in [4.78, 5) is 31.0. The van der Waals surface area contributed by atoms with Gasteiger partial charge in [-0.25, -0.2) is 4.99 Å². The maximum absolute atomic E-state index is 13.2. The van der Waals surface area contributed by atoms with Crippen LogP contribution in [-0.4, -0.2) is 27.1 Å². The van der Waals surface area contributed by atoms with Crippen molar-refractivity contribution < 1.29 is 19.8 Å². The van der Waals surface area contributed by atoms with E-state index in [2.05, 4.69) is 4.99 Å². The number of hydrogen-bond acceptors (Lipinski definition) is 6. The van der Waals surface area contributed by atoms with Crippen molar-refractivity contribution in [3.05, 3.63) is 98.0 Å². The molecule has 160 valence electrons. The number of phenolic OH excluding ortho intramolecular Hbond substituents is 1. The molecule has 0 aromatic heterocycles. The molecule has 1 fully saturated rings. The summed E-state index contributed by atoms with van der Waals surface area (Å²) in [6, 6.07) is 20.7. The van der Waals surface area contributed by atoms with Gasteiger partial charge in [0.1, 0.15) is 5.75 Å². The highest BCUT2D eigenvalue weighted by Gasteiger charge is 2.33. The predicted octanol–water partition coefficient (Wildman–Crippen LogP) is 4.16. The summed E-state index contributed by atoms with van der Waals surface area (Å²) in [5, 5.41) is 21.3. The van der Waals surface area contributed by atoms with E-state index in [1.807, 2.05) is 52.9 Å². The van der Waals surface area contributed by atoms with Crippen molar-refractivity contribution in [1.29, 1.82) is 0 Å². The number of amides is 1. The first-order chi connectivity index (χ1) is 15.4. The van der Waals surface area contributed by atoms with Crippen molar-refractivity contribution in [1.82, 2.24) is 4.90 Å². The molecule has 32 heavy (non-hydrogen) atoms. The Morgan fingerprint density at radius 2 is 1.81 bits per heavy atom. The molecule has 6 nitrogen and oxygen atoms in total. The lowest BCUT2D eigenvalue weighted by molar-refractivity contribution is -0.255. The normalized spacial score (nSPS) is 16.2. The average Bonchev–Trinajstić information content (AvgIpc) is 3.06. The third kappa shape index (κ3) is 5.03. The predicted molar refractivity (Wildman–Crippen MR) is 131 cm³/mol. The lowest BCUT2D eigenvalue weighted by atomic mass is 10.1. The number of carbonyl (C=O) groups is 2. The van der Waals surface area contributed by atoms with Crippen LogP contribution in [0.3, 0.4) is 0 Å². The number of carboxylic acids is 1. The largest absolute Gasteiger partial charge is 0.545 e. The van der Waals surface area contributed by atoms with Crippen molar-refractivity contribution in [2.45, 2.75) is 6.54 Å². The van der Waals surface area contributed by atoms with Gasteiger partial charge >= 0.3 is 0 Å². The van der Waals surface area contributed by atoms with Gasteiger partial charge in [-0.1, -0.05) is 48.5 Å². The van der Waals surface area contributed by atoms with Gasteiger partial charge in [0, 0.05) is 0 Å². The number of rotatable bonds is 5. The van der Waals surface area contributed by atoms with E-state index < -0.39 is 5.97 Å². The summed E-state index contributed by atoms with van der Waals surface area (Å²) in [6.45, 7) is 0.245. The maximum Gasteiger partial charge on any atom is 0.267 e. The first kappa shape index (κ1) is 22.1. The van der Waals surface area contributed by atoms with Crippen LogP contribution in [0, 0.1) is 3.57 Å². The van der Waals surface area contributed by atoms with Crippen LogP contribution in [0.25, 0.3) is 6.08 Å².